The molecule has 188 valence electrons. The highest BCUT2D eigenvalue weighted by Crippen LogP contribution is 2.08. The second-order valence-electron chi connectivity index (χ2n) is 8.13. The Kier molecular flexibility index (Phi) is 10.8. The Balaban J connectivity index is 2.20. The highest BCUT2D eigenvalue weighted by Gasteiger charge is 2.20. The zero-order valence-electron chi connectivity index (χ0n) is 18.9. The van der Waals surface area contributed by atoms with Crippen LogP contribution >= 0.6 is 0 Å². The van der Waals surface area contributed by atoms with Crippen LogP contribution in [0, 0.1) is 0 Å². The lowest BCUT2D eigenvalue weighted by molar-refractivity contribution is -0.140. The Bertz CT molecular complexity index is 835. The summed E-state index contributed by atoms with van der Waals surface area (Å²) in [6.45, 7) is 2.63. The normalized spacial score (nSPS) is 18.0. The van der Waals surface area contributed by atoms with Crippen LogP contribution in [0.4, 0.5) is 0 Å². The minimum atomic E-state index is -1.07. The van der Waals surface area contributed by atoms with Crippen molar-refractivity contribution in [2.24, 2.45) is 0 Å². The van der Waals surface area contributed by atoms with Gasteiger partial charge in [-0.15, -0.1) is 0 Å². The molecule has 1 aromatic heterocycles. The molecule has 4 N–H and O–H groups in total. The fraction of sp³-hybridized carbons (Fsp3) is 0.571. The van der Waals surface area contributed by atoms with Gasteiger partial charge >= 0.3 is 23.9 Å². The van der Waals surface area contributed by atoms with Gasteiger partial charge in [-0.3, -0.25) is 39.0 Å². The molecular weight excluding hydrogens is 450 g/mol. The van der Waals surface area contributed by atoms with Gasteiger partial charge < -0.3 is 20.4 Å². The number of rotatable bonds is 9. The molecule has 13 heteroatoms. The van der Waals surface area contributed by atoms with E-state index in [1.165, 1.54) is 18.3 Å². The number of aromatic carboxylic acids is 1. The first-order valence-corrected chi connectivity index (χ1v) is 10.9. The molecule has 1 aliphatic heterocycles. The lowest BCUT2D eigenvalue weighted by Crippen LogP contribution is -2.48. The molecule has 0 aliphatic carbocycles. The number of aromatic nitrogens is 1. The van der Waals surface area contributed by atoms with Crippen molar-refractivity contribution in [3.8, 4) is 0 Å². The molecule has 1 fully saturated rings. The third-order valence-electron chi connectivity index (χ3n) is 5.46. The molecule has 1 aliphatic rings. The highest BCUT2D eigenvalue weighted by molar-refractivity contribution is 5.87. The number of hydrogen-bond donors (Lipinski definition) is 4. The minimum Gasteiger partial charge on any atom is -0.480 e. The van der Waals surface area contributed by atoms with E-state index in [2.05, 4.69) is 4.98 Å². The van der Waals surface area contributed by atoms with E-state index in [0.717, 1.165) is 0 Å². The predicted octanol–water partition coefficient (Wildman–Crippen LogP) is -1.24. The molecule has 1 aromatic rings. The molecule has 1 saturated heterocycles. The molecule has 2 rings (SSSR count). The summed E-state index contributed by atoms with van der Waals surface area (Å²) in [5.74, 6) is -4.06. The van der Waals surface area contributed by atoms with Crippen molar-refractivity contribution in [1.82, 2.24) is 24.6 Å². The average molecular weight is 482 g/mol. The predicted molar refractivity (Wildman–Crippen MR) is 119 cm³/mol. The maximum Gasteiger partial charge on any atom is 0.335 e. The lowest BCUT2D eigenvalue weighted by atomic mass is 10.2. The Hall–Kier alpha value is -3.13. The van der Waals surface area contributed by atoms with Crippen LogP contribution < -0.4 is 0 Å². The lowest BCUT2D eigenvalue weighted by Gasteiger charge is -2.33. The van der Waals surface area contributed by atoms with E-state index in [9.17, 15) is 39.6 Å². The largest absolute Gasteiger partial charge is 0.480 e. The van der Waals surface area contributed by atoms with Crippen molar-refractivity contribution in [1.29, 1.82) is 0 Å². The number of aliphatic carboxylic acids is 3. The van der Waals surface area contributed by atoms with Crippen molar-refractivity contribution in [3.63, 3.8) is 0 Å². The third-order valence-corrected chi connectivity index (χ3v) is 5.46. The van der Waals surface area contributed by atoms with Gasteiger partial charge in [0.15, 0.2) is 0 Å². The van der Waals surface area contributed by atoms with E-state index in [1.54, 1.807) is 14.7 Å². The van der Waals surface area contributed by atoms with Gasteiger partial charge in [0.25, 0.3) is 0 Å². The fourth-order valence-electron chi connectivity index (χ4n) is 3.71. The van der Waals surface area contributed by atoms with Gasteiger partial charge in [-0.25, -0.2) is 4.79 Å². The summed E-state index contributed by atoms with van der Waals surface area (Å²) in [6.07, 6.45) is 1.42. The first-order chi connectivity index (χ1) is 16.1. The van der Waals surface area contributed by atoms with Crippen LogP contribution in [0.5, 0.6) is 0 Å². The zero-order chi connectivity index (χ0) is 25.1. The van der Waals surface area contributed by atoms with Gasteiger partial charge in [0.1, 0.15) is 0 Å². The molecule has 0 unspecified atom stereocenters. The van der Waals surface area contributed by atoms with E-state index < -0.39 is 23.9 Å². The molecule has 2 heterocycles. The summed E-state index contributed by atoms with van der Waals surface area (Å²) in [5, 5.41) is 37.0. The highest BCUT2D eigenvalue weighted by atomic mass is 16.4. The van der Waals surface area contributed by atoms with E-state index in [0.29, 0.717) is 64.6 Å². The number of nitrogens with zero attached hydrogens (tertiary/aromatic N) is 5. The summed E-state index contributed by atoms with van der Waals surface area (Å²) < 4.78 is 0. The van der Waals surface area contributed by atoms with Crippen LogP contribution in [0.25, 0.3) is 0 Å². The summed E-state index contributed by atoms with van der Waals surface area (Å²) in [4.78, 5) is 56.5. The summed E-state index contributed by atoms with van der Waals surface area (Å²) in [5.41, 5.74) is 0.645. The smallest absolute Gasteiger partial charge is 0.335 e. The summed E-state index contributed by atoms with van der Waals surface area (Å²) >= 11 is 0. The van der Waals surface area contributed by atoms with Gasteiger partial charge in [0, 0.05) is 65.1 Å². The Morgan fingerprint density at radius 1 is 0.676 bits per heavy atom. The van der Waals surface area contributed by atoms with Crippen molar-refractivity contribution in [2.75, 3.05) is 72.0 Å². The van der Waals surface area contributed by atoms with Gasteiger partial charge in [0.2, 0.25) is 0 Å². The molecule has 0 aromatic carbocycles. The van der Waals surface area contributed by atoms with Crippen LogP contribution in [0.2, 0.25) is 0 Å². The fourth-order valence-corrected chi connectivity index (χ4v) is 3.71. The zero-order valence-corrected chi connectivity index (χ0v) is 18.9. The van der Waals surface area contributed by atoms with Crippen LogP contribution in [-0.2, 0) is 20.9 Å². The molecule has 0 spiro atoms. The molecule has 0 radical (unpaired) electrons. The monoisotopic (exact) mass is 481 g/mol. The number of pyridine rings is 1. The van der Waals surface area contributed by atoms with Crippen molar-refractivity contribution in [3.05, 3.63) is 29.6 Å². The van der Waals surface area contributed by atoms with Crippen LogP contribution in [0.3, 0.4) is 0 Å². The SMILES string of the molecule is O=C(O)CN1CCN(CC(=O)O)CCN(Cc2cc(C(=O)O)ccn2)CCN(CC(=O)O)CC1. The molecular formula is C21H31N5O8. The molecule has 0 bridgehead atoms. The summed E-state index contributed by atoms with van der Waals surface area (Å²) in [7, 11) is 0. The molecule has 0 saturated carbocycles. The van der Waals surface area contributed by atoms with E-state index in [-0.39, 0.29) is 25.2 Å². The van der Waals surface area contributed by atoms with Gasteiger partial charge in [-0.1, -0.05) is 0 Å². The average Bonchev–Trinajstić information content (AvgIpc) is 2.74. The van der Waals surface area contributed by atoms with E-state index >= 15 is 0 Å². The maximum absolute atomic E-state index is 11.3. The molecule has 0 atom stereocenters. The molecule has 0 amide bonds. The Morgan fingerprint density at radius 3 is 1.41 bits per heavy atom. The maximum atomic E-state index is 11.3. The number of hydrogen-bond acceptors (Lipinski definition) is 9. The first-order valence-electron chi connectivity index (χ1n) is 10.9. The van der Waals surface area contributed by atoms with Crippen LogP contribution in [-0.4, -0.2) is 141 Å². The topological polar surface area (TPSA) is 175 Å². The molecule has 34 heavy (non-hydrogen) atoms. The van der Waals surface area contributed by atoms with E-state index in [1.807, 2.05) is 4.90 Å². The second-order valence-corrected chi connectivity index (χ2v) is 8.13. The number of carboxylic acids is 4. The quantitative estimate of drug-likeness (QED) is 0.330. The van der Waals surface area contributed by atoms with E-state index in [4.69, 9.17) is 0 Å². The Morgan fingerprint density at radius 2 is 1.06 bits per heavy atom. The molecule has 13 nitrogen and oxygen atoms in total. The van der Waals surface area contributed by atoms with Gasteiger partial charge in [0.05, 0.1) is 30.9 Å². The van der Waals surface area contributed by atoms with Gasteiger partial charge in [-0.05, 0) is 12.1 Å². The van der Waals surface area contributed by atoms with Crippen molar-refractivity contribution in [2.45, 2.75) is 6.54 Å². The van der Waals surface area contributed by atoms with Crippen LogP contribution in [0.1, 0.15) is 16.1 Å². The van der Waals surface area contributed by atoms with Crippen molar-refractivity contribution < 1.29 is 39.6 Å². The standard InChI is InChI=1S/C21H31N5O8/c27-18(28)13-24-5-3-23(12-17-11-16(21(33)34)1-2-22-17)4-6-25(14-19(29)30)8-10-26(9-7-24)15-20(31)32/h1-2,11H,3-10,12-15H2,(H,27,28)(H,29,30)(H,31,32)(H,33,34). The minimum absolute atomic E-state index is 0.109. The number of carbonyl (C=O) groups is 4. The van der Waals surface area contributed by atoms with Crippen LogP contribution in [0.15, 0.2) is 18.3 Å². The Labute approximate surface area is 196 Å². The van der Waals surface area contributed by atoms with Gasteiger partial charge in [-0.2, -0.15) is 0 Å². The summed E-state index contributed by atoms with van der Waals surface area (Å²) in [6, 6.07) is 2.88. The third kappa shape index (κ3) is 10.2. The number of carboxylic acid groups (broad SMARTS) is 4. The second kappa shape index (κ2) is 13.5. The first kappa shape index (κ1) is 27.1. The van der Waals surface area contributed by atoms with Crippen molar-refractivity contribution >= 4 is 23.9 Å².